The van der Waals surface area contributed by atoms with E-state index >= 15 is 0 Å². The van der Waals surface area contributed by atoms with Crippen molar-refractivity contribution in [3.8, 4) is 5.40 Å². The van der Waals surface area contributed by atoms with E-state index < -0.39 is 5.63 Å². The molecule has 0 N–H and O–H groups in total. The summed E-state index contributed by atoms with van der Waals surface area (Å²) in [7, 11) is 3.18. The number of thiocyanates is 1. The number of fused-ring (bicyclic) bond motifs is 1. The number of likely N-dealkylation sites (N-methyl/N-ethyl adjacent to an activating group) is 1. The zero-order chi connectivity index (χ0) is 19.3. The number of rotatable bonds is 6. The van der Waals surface area contributed by atoms with Gasteiger partial charge >= 0.3 is 5.63 Å². The van der Waals surface area contributed by atoms with Crippen molar-refractivity contribution in [2.24, 2.45) is 0 Å². The topological polar surface area (TPSA) is 77.5 Å². The summed E-state index contributed by atoms with van der Waals surface area (Å²) in [5.74, 6) is -0.340. The lowest BCUT2D eigenvalue weighted by Gasteiger charge is -2.20. The van der Waals surface area contributed by atoms with Gasteiger partial charge in [0.05, 0.1) is 10.5 Å². The van der Waals surface area contributed by atoms with Crippen molar-refractivity contribution in [3.63, 3.8) is 0 Å². The average Bonchev–Trinajstić information content (AvgIpc) is 2.62. The number of carbonyl (C=O) groups is 1. The summed E-state index contributed by atoms with van der Waals surface area (Å²) in [6.45, 7) is 5.84. The molecule has 0 radical (unpaired) electrons. The van der Waals surface area contributed by atoms with Crippen LogP contribution in [-0.4, -0.2) is 38.0 Å². The standard InChI is InChI=1S/C19H21N3O3S/c1-5-22(6-2)15-8-7-13-9-14(19(24)25-16(13)11-15)10-17(26-12-20)18(23)21(3)4/h7-11H,5-6H2,1-4H3/b17-10-. The Morgan fingerprint density at radius 2 is 1.96 bits per heavy atom. The molecular formula is C19H21N3O3S. The molecule has 7 heteroatoms. The summed E-state index contributed by atoms with van der Waals surface area (Å²) in [6, 6.07) is 7.37. The Bertz CT molecular complexity index is 937. The Hall–Kier alpha value is -2.72. The number of hydrogen-bond acceptors (Lipinski definition) is 6. The fourth-order valence-electron chi connectivity index (χ4n) is 2.55. The summed E-state index contributed by atoms with van der Waals surface area (Å²) in [5.41, 5.74) is 1.17. The quantitative estimate of drug-likeness (QED) is 0.440. The largest absolute Gasteiger partial charge is 0.422 e. The van der Waals surface area contributed by atoms with Crippen LogP contribution in [0.5, 0.6) is 0 Å². The van der Waals surface area contributed by atoms with Gasteiger partial charge < -0.3 is 14.2 Å². The summed E-state index contributed by atoms with van der Waals surface area (Å²) in [6.07, 6.45) is 1.40. The highest BCUT2D eigenvalue weighted by molar-refractivity contribution is 8.08. The van der Waals surface area contributed by atoms with Crippen LogP contribution in [0.25, 0.3) is 17.0 Å². The van der Waals surface area contributed by atoms with E-state index in [9.17, 15) is 9.59 Å². The number of nitriles is 1. The van der Waals surface area contributed by atoms with Crippen LogP contribution in [-0.2, 0) is 4.79 Å². The molecule has 2 aromatic rings. The number of benzene rings is 1. The number of anilines is 1. The Kier molecular flexibility index (Phi) is 6.47. The first-order chi connectivity index (χ1) is 12.4. The van der Waals surface area contributed by atoms with E-state index in [4.69, 9.17) is 9.68 Å². The molecule has 0 aliphatic rings. The van der Waals surface area contributed by atoms with Gasteiger partial charge in [-0.2, -0.15) is 5.26 Å². The molecule has 6 nitrogen and oxygen atoms in total. The highest BCUT2D eigenvalue weighted by atomic mass is 32.2. The van der Waals surface area contributed by atoms with Gasteiger partial charge in [-0.15, -0.1) is 0 Å². The lowest BCUT2D eigenvalue weighted by atomic mass is 10.1. The number of nitrogens with zero attached hydrogens (tertiary/aromatic N) is 3. The molecule has 1 aromatic heterocycles. The minimum atomic E-state index is -0.545. The summed E-state index contributed by atoms with van der Waals surface area (Å²) in [4.78, 5) is 28.2. The lowest BCUT2D eigenvalue weighted by Crippen LogP contribution is -2.22. The van der Waals surface area contributed by atoms with Crippen LogP contribution in [0, 0.1) is 10.7 Å². The molecule has 0 aliphatic carbocycles. The molecule has 0 saturated carbocycles. The van der Waals surface area contributed by atoms with E-state index in [2.05, 4.69) is 18.7 Å². The van der Waals surface area contributed by atoms with E-state index in [0.717, 1.165) is 35.9 Å². The van der Waals surface area contributed by atoms with Gasteiger partial charge in [0, 0.05) is 44.3 Å². The van der Waals surface area contributed by atoms with E-state index in [-0.39, 0.29) is 16.4 Å². The van der Waals surface area contributed by atoms with Gasteiger partial charge in [-0.1, -0.05) is 0 Å². The van der Waals surface area contributed by atoms with E-state index in [1.807, 2.05) is 23.6 Å². The molecule has 2 rings (SSSR count). The molecule has 1 heterocycles. The maximum absolute atomic E-state index is 12.3. The number of amides is 1. The first-order valence-corrected chi connectivity index (χ1v) is 9.05. The zero-order valence-electron chi connectivity index (χ0n) is 15.3. The molecule has 0 bridgehead atoms. The average molecular weight is 371 g/mol. The van der Waals surface area contributed by atoms with Crippen molar-refractivity contribution < 1.29 is 9.21 Å². The molecule has 0 aliphatic heterocycles. The minimum Gasteiger partial charge on any atom is -0.422 e. The monoisotopic (exact) mass is 371 g/mol. The molecule has 0 unspecified atom stereocenters. The Morgan fingerprint density at radius 1 is 1.27 bits per heavy atom. The highest BCUT2D eigenvalue weighted by Gasteiger charge is 2.15. The Balaban J connectivity index is 2.53. The molecule has 0 saturated heterocycles. The molecular weight excluding hydrogens is 350 g/mol. The van der Waals surface area contributed by atoms with Gasteiger partial charge in [0.15, 0.2) is 0 Å². The van der Waals surface area contributed by atoms with Gasteiger partial charge in [-0.05, 0) is 49.9 Å². The number of thioether (sulfide) groups is 1. The molecule has 136 valence electrons. The fraction of sp³-hybridized carbons (Fsp3) is 0.316. The zero-order valence-corrected chi connectivity index (χ0v) is 16.1. The van der Waals surface area contributed by atoms with Crippen LogP contribution >= 0.6 is 11.8 Å². The van der Waals surface area contributed by atoms with Crippen LogP contribution in [0.15, 0.2) is 38.4 Å². The smallest absolute Gasteiger partial charge is 0.343 e. The van der Waals surface area contributed by atoms with Gasteiger partial charge in [0.2, 0.25) is 0 Å². The van der Waals surface area contributed by atoms with Crippen LogP contribution in [0.4, 0.5) is 5.69 Å². The van der Waals surface area contributed by atoms with E-state index in [1.165, 1.54) is 11.0 Å². The van der Waals surface area contributed by atoms with Crippen molar-refractivity contribution >= 4 is 40.4 Å². The minimum absolute atomic E-state index is 0.170. The third-order valence-corrected chi connectivity index (χ3v) is 4.54. The first-order valence-electron chi connectivity index (χ1n) is 8.23. The van der Waals surface area contributed by atoms with Crippen LogP contribution in [0.3, 0.4) is 0 Å². The molecule has 1 aromatic carbocycles. The second-order valence-electron chi connectivity index (χ2n) is 5.79. The second-order valence-corrected chi connectivity index (χ2v) is 6.61. The first kappa shape index (κ1) is 19.6. The third-order valence-electron chi connectivity index (χ3n) is 3.93. The number of carbonyl (C=O) groups excluding carboxylic acids is 1. The maximum Gasteiger partial charge on any atom is 0.343 e. The van der Waals surface area contributed by atoms with Crippen LogP contribution < -0.4 is 10.5 Å². The summed E-state index contributed by atoms with van der Waals surface area (Å²) < 4.78 is 5.45. The van der Waals surface area contributed by atoms with Crippen LogP contribution in [0.2, 0.25) is 0 Å². The normalized spacial score (nSPS) is 11.3. The summed E-state index contributed by atoms with van der Waals surface area (Å²) >= 11 is 0.722. The van der Waals surface area contributed by atoms with Crippen molar-refractivity contribution in [2.45, 2.75) is 13.8 Å². The van der Waals surface area contributed by atoms with Crippen molar-refractivity contribution in [1.82, 2.24) is 4.90 Å². The Morgan fingerprint density at radius 3 is 2.54 bits per heavy atom. The Labute approximate surface area is 156 Å². The third kappa shape index (κ3) is 4.27. The molecule has 0 fully saturated rings. The van der Waals surface area contributed by atoms with E-state index in [0.29, 0.717) is 5.58 Å². The SMILES string of the molecule is CCN(CC)c1ccc2cc(/C=C(\SC#N)C(=O)N(C)C)c(=O)oc2c1. The van der Waals surface area contributed by atoms with E-state index in [1.54, 1.807) is 20.2 Å². The molecule has 0 spiro atoms. The predicted octanol–water partition coefficient (Wildman–Crippen LogP) is 3.28. The van der Waals surface area contributed by atoms with Crippen molar-refractivity contribution in [2.75, 3.05) is 32.1 Å². The highest BCUT2D eigenvalue weighted by Crippen LogP contribution is 2.24. The van der Waals surface area contributed by atoms with Gasteiger partial charge in [-0.25, -0.2) is 4.79 Å². The molecule has 1 amide bonds. The van der Waals surface area contributed by atoms with Gasteiger partial charge in [-0.3, -0.25) is 4.79 Å². The second kappa shape index (κ2) is 8.59. The summed E-state index contributed by atoms with van der Waals surface area (Å²) in [5, 5.41) is 11.5. The van der Waals surface area contributed by atoms with Gasteiger partial charge in [0.25, 0.3) is 5.91 Å². The van der Waals surface area contributed by atoms with Crippen LogP contribution in [0.1, 0.15) is 19.4 Å². The molecule has 26 heavy (non-hydrogen) atoms. The molecule has 0 atom stereocenters. The predicted molar refractivity (Wildman–Crippen MR) is 106 cm³/mol. The van der Waals surface area contributed by atoms with Crippen molar-refractivity contribution in [1.29, 1.82) is 5.26 Å². The van der Waals surface area contributed by atoms with Crippen molar-refractivity contribution in [3.05, 3.63) is 45.2 Å². The maximum atomic E-state index is 12.3. The fourth-order valence-corrected chi connectivity index (χ4v) is 3.10. The number of hydrogen-bond donors (Lipinski definition) is 0. The van der Waals surface area contributed by atoms with Gasteiger partial charge in [0.1, 0.15) is 11.0 Å². The lowest BCUT2D eigenvalue weighted by molar-refractivity contribution is -0.123.